The normalized spacial score (nSPS) is 10.0. The molecule has 0 N–H and O–H groups in total. The molecule has 0 aliphatic rings. The largest absolute Gasteiger partial charge is 0.484 e. The van der Waals surface area contributed by atoms with Crippen LogP contribution in [-0.4, -0.2) is 12.4 Å². The van der Waals surface area contributed by atoms with E-state index in [0.29, 0.717) is 0 Å². The highest BCUT2D eigenvalue weighted by Gasteiger charge is 2.13. The Morgan fingerprint density at radius 1 is 1.10 bits per heavy atom. The van der Waals surface area contributed by atoms with Crippen molar-refractivity contribution in [3.63, 3.8) is 0 Å². The fraction of sp³-hybridized carbons (Fsp3) is 0.0667. The van der Waals surface area contributed by atoms with Gasteiger partial charge in [-0.3, -0.25) is 4.79 Å². The van der Waals surface area contributed by atoms with Crippen molar-refractivity contribution in [3.05, 3.63) is 65.0 Å². The molecule has 2 rings (SSSR count). The van der Waals surface area contributed by atoms with Crippen LogP contribution in [0.1, 0.15) is 15.9 Å². The number of hydrogen-bond acceptors (Lipinski definition) is 3. The molecule has 0 saturated heterocycles. The van der Waals surface area contributed by atoms with Gasteiger partial charge in [0.15, 0.2) is 24.0 Å². The van der Waals surface area contributed by atoms with E-state index in [1.165, 1.54) is 12.1 Å². The van der Waals surface area contributed by atoms with Gasteiger partial charge in [-0.2, -0.15) is 5.26 Å². The molecular formula is C15H8F3NO2. The summed E-state index contributed by atoms with van der Waals surface area (Å²) in [5, 5.41) is 8.80. The Bertz CT molecular complexity index is 738. The number of carbonyl (C=O) groups is 1. The smallest absolute Gasteiger partial charge is 0.200 e. The summed E-state index contributed by atoms with van der Waals surface area (Å²) >= 11 is 0. The summed E-state index contributed by atoms with van der Waals surface area (Å²) in [5.41, 5.74) is -0.403. The molecule has 0 radical (unpaired) electrons. The highest BCUT2D eigenvalue weighted by Crippen LogP contribution is 2.20. The fourth-order valence-electron chi connectivity index (χ4n) is 1.63. The Morgan fingerprint density at radius 2 is 1.86 bits per heavy atom. The van der Waals surface area contributed by atoms with Gasteiger partial charge in [0.2, 0.25) is 0 Å². The van der Waals surface area contributed by atoms with Crippen molar-refractivity contribution in [2.75, 3.05) is 6.61 Å². The third-order valence-corrected chi connectivity index (χ3v) is 2.69. The van der Waals surface area contributed by atoms with Crippen molar-refractivity contribution in [2.45, 2.75) is 0 Å². The Kier molecular flexibility index (Phi) is 4.24. The maximum atomic E-state index is 13.3. The number of carbonyl (C=O) groups excluding carboxylic acids is 1. The summed E-state index contributed by atoms with van der Waals surface area (Å²) in [6.45, 7) is -0.525. The first-order valence-corrected chi connectivity index (χ1v) is 5.82. The van der Waals surface area contributed by atoms with Crippen LogP contribution in [0.25, 0.3) is 0 Å². The lowest BCUT2D eigenvalue weighted by Gasteiger charge is -2.07. The Morgan fingerprint density at radius 3 is 2.52 bits per heavy atom. The van der Waals surface area contributed by atoms with E-state index in [1.54, 1.807) is 6.07 Å². The van der Waals surface area contributed by atoms with E-state index in [-0.39, 0.29) is 16.9 Å². The molecule has 3 nitrogen and oxygen atoms in total. The van der Waals surface area contributed by atoms with Crippen LogP contribution in [0.15, 0.2) is 36.4 Å². The monoisotopic (exact) mass is 291 g/mol. The minimum Gasteiger partial charge on any atom is -0.484 e. The molecule has 0 bridgehead atoms. The van der Waals surface area contributed by atoms with E-state index in [1.807, 2.05) is 0 Å². The van der Waals surface area contributed by atoms with Crippen LogP contribution in [0.2, 0.25) is 0 Å². The predicted molar refractivity (Wildman–Crippen MR) is 67.3 cm³/mol. The maximum Gasteiger partial charge on any atom is 0.200 e. The van der Waals surface area contributed by atoms with Crippen LogP contribution in [0.5, 0.6) is 5.75 Å². The molecule has 0 aliphatic carbocycles. The highest BCUT2D eigenvalue weighted by molar-refractivity contribution is 5.97. The summed E-state index contributed by atoms with van der Waals surface area (Å²) in [6, 6.07) is 8.05. The van der Waals surface area contributed by atoms with Crippen molar-refractivity contribution >= 4 is 5.78 Å². The molecule has 2 aromatic rings. The average Bonchev–Trinajstić information content (AvgIpc) is 2.47. The molecule has 0 amide bonds. The van der Waals surface area contributed by atoms with Crippen LogP contribution in [0, 0.1) is 28.8 Å². The van der Waals surface area contributed by atoms with E-state index < -0.39 is 29.8 Å². The van der Waals surface area contributed by atoms with Gasteiger partial charge < -0.3 is 4.74 Å². The molecule has 0 aliphatic heterocycles. The van der Waals surface area contributed by atoms with Crippen molar-refractivity contribution in [1.29, 1.82) is 5.26 Å². The first kappa shape index (κ1) is 14.6. The van der Waals surface area contributed by atoms with Crippen LogP contribution in [-0.2, 0) is 0 Å². The number of nitriles is 1. The molecule has 0 aromatic heterocycles. The van der Waals surface area contributed by atoms with Gasteiger partial charge in [0.25, 0.3) is 0 Å². The van der Waals surface area contributed by atoms with Crippen LogP contribution in [0.4, 0.5) is 13.2 Å². The summed E-state index contributed by atoms with van der Waals surface area (Å²) in [5.74, 6) is -3.69. The van der Waals surface area contributed by atoms with Gasteiger partial charge in [-0.15, -0.1) is 0 Å². The lowest BCUT2D eigenvalue weighted by atomic mass is 10.1. The van der Waals surface area contributed by atoms with Crippen molar-refractivity contribution < 1.29 is 22.7 Å². The standard InChI is InChI=1S/C15H8F3NO2/c16-11-2-1-3-15(10(11)7-19)21-8-14(20)9-4-5-12(17)13(18)6-9/h1-6H,8H2. The van der Waals surface area contributed by atoms with E-state index in [0.717, 1.165) is 24.3 Å². The van der Waals surface area contributed by atoms with Crippen LogP contribution in [0.3, 0.4) is 0 Å². The van der Waals surface area contributed by atoms with Gasteiger partial charge in [0.05, 0.1) is 0 Å². The zero-order valence-corrected chi connectivity index (χ0v) is 10.6. The molecule has 0 saturated carbocycles. The zero-order valence-electron chi connectivity index (χ0n) is 10.6. The summed E-state index contributed by atoms with van der Waals surface area (Å²) in [7, 11) is 0. The van der Waals surface area contributed by atoms with Gasteiger partial charge in [-0.1, -0.05) is 6.07 Å². The Labute approximate surface area is 118 Å². The molecule has 106 valence electrons. The first-order valence-electron chi connectivity index (χ1n) is 5.82. The number of Topliss-reactive ketones (excluding diaryl/α,β-unsaturated/α-hetero) is 1. The maximum absolute atomic E-state index is 13.3. The molecule has 2 aromatic carbocycles. The molecule has 0 spiro atoms. The van der Waals surface area contributed by atoms with Crippen LogP contribution < -0.4 is 4.74 Å². The SMILES string of the molecule is N#Cc1c(F)cccc1OCC(=O)c1ccc(F)c(F)c1. The van der Waals surface area contributed by atoms with Crippen LogP contribution >= 0.6 is 0 Å². The number of hydrogen-bond donors (Lipinski definition) is 0. The number of benzene rings is 2. The van der Waals surface area contributed by atoms with Crippen molar-refractivity contribution in [1.82, 2.24) is 0 Å². The quantitative estimate of drug-likeness (QED) is 0.813. The number of ether oxygens (including phenoxy) is 1. The Hall–Kier alpha value is -2.81. The third-order valence-electron chi connectivity index (χ3n) is 2.69. The summed E-state index contributed by atoms with van der Waals surface area (Å²) in [4.78, 5) is 11.8. The molecule has 0 atom stereocenters. The summed E-state index contributed by atoms with van der Waals surface area (Å²) in [6.07, 6.45) is 0. The zero-order chi connectivity index (χ0) is 15.4. The second-order valence-corrected chi connectivity index (χ2v) is 4.07. The number of halogens is 3. The Balaban J connectivity index is 2.13. The number of ketones is 1. The predicted octanol–water partition coefficient (Wildman–Crippen LogP) is 3.24. The van der Waals surface area contributed by atoms with Crippen molar-refractivity contribution in [3.8, 4) is 11.8 Å². The third kappa shape index (κ3) is 3.20. The topological polar surface area (TPSA) is 50.1 Å². The average molecular weight is 291 g/mol. The molecule has 21 heavy (non-hydrogen) atoms. The van der Waals surface area contributed by atoms with Gasteiger partial charge in [-0.05, 0) is 30.3 Å². The number of rotatable bonds is 4. The van der Waals surface area contributed by atoms with Gasteiger partial charge in [-0.25, -0.2) is 13.2 Å². The lowest BCUT2D eigenvalue weighted by molar-refractivity contribution is 0.0920. The number of nitrogens with zero attached hydrogens (tertiary/aromatic N) is 1. The fourth-order valence-corrected chi connectivity index (χ4v) is 1.63. The second kappa shape index (κ2) is 6.09. The van der Waals surface area contributed by atoms with Crippen molar-refractivity contribution in [2.24, 2.45) is 0 Å². The van der Waals surface area contributed by atoms with E-state index in [2.05, 4.69) is 0 Å². The molecule has 0 unspecified atom stereocenters. The first-order chi connectivity index (χ1) is 10.0. The molecule has 0 fully saturated rings. The van der Waals surface area contributed by atoms with E-state index >= 15 is 0 Å². The van der Waals surface area contributed by atoms with E-state index in [9.17, 15) is 18.0 Å². The second-order valence-electron chi connectivity index (χ2n) is 4.07. The molecule has 0 heterocycles. The highest BCUT2D eigenvalue weighted by atomic mass is 19.2. The van der Waals surface area contributed by atoms with E-state index in [4.69, 9.17) is 10.00 Å². The molecular weight excluding hydrogens is 283 g/mol. The van der Waals surface area contributed by atoms with Gasteiger partial charge in [0, 0.05) is 5.56 Å². The molecule has 6 heteroatoms. The minimum absolute atomic E-state index is 0.0798. The van der Waals surface area contributed by atoms with Gasteiger partial charge >= 0.3 is 0 Å². The minimum atomic E-state index is -1.15. The van der Waals surface area contributed by atoms with Gasteiger partial charge in [0.1, 0.15) is 23.2 Å². The summed E-state index contributed by atoms with van der Waals surface area (Å²) < 4.78 is 44.2. The lowest BCUT2D eigenvalue weighted by Crippen LogP contribution is -2.13.